The number of anilines is 1. The Kier molecular flexibility index (Phi) is 5.98. The Labute approximate surface area is 147 Å². The van der Waals surface area contributed by atoms with Crippen molar-refractivity contribution in [3.8, 4) is 0 Å². The first-order valence-corrected chi connectivity index (χ1v) is 8.04. The third-order valence-electron chi connectivity index (χ3n) is 3.00. The fraction of sp³-hybridized carbons (Fsp3) is 0.125. The van der Waals surface area contributed by atoms with Crippen LogP contribution in [0, 0.1) is 10.1 Å². The van der Waals surface area contributed by atoms with Gasteiger partial charge in [-0.25, -0.2) is 5.01 Å². The molecule has 1 heterocycles. The van der Waals surface area contributed by atoms with Crippen molar-refractivity contribution >= 4 is 39.9 Å². The van der Waals surface area contributed by atoms with Gasteiger partial charge in [0.15, 0.2) is 0 Å². The van der Waals surface area contributed by atoms with Gasteiger partial charge in [0, 0.05) is 32.3 Å². The lowest BCUT2D eigenvalue weighted by atomic mass is 10.2. The number of hydrogen-bond donors (Lipinski definition) is 2. The van der Waals surface area contributed by atoms with E-state index < -0.39 is 10.8 Å². The fourth-order valence-corrected chi connectivity index (χ4v) is 2.67. The Morgan fingerprint density at radius 1 is 1.20 bits per heavy atom. The molecule has 0 unspecified atom stereocenters. The quantitative estimate of drug-likeness (QED) is 0.468. The van der Waals surface area contributed by atoms with E-state index in [2.05, 4.69) is 10.7 Å². The molecule has 8 nitrogen and oxygen atoms in total. The summed E-state index contributed by atoms with van der Waals surface area (Å²) in [4.78, 5) is 34.1. The number of nitrogens with one attached hydrogen (secondary N) is 2. The van der Waals surface area contributed by atoms with Crippen molar-refractivity contribution in [3.63, 3.8) is 0 Å². The molecule has 1 aromatic carbocycles. The van der Waals surface area contributed by atoms with Crippen molar-refractivity contribution in [2.45, 2.75) is 0 Å². The van der Waals surface area contributed by atoms with E-state index in [4.69, 9.17) is 0 Å². The molecule has 25 heavy (non-hydrogen) atoms. The first-order chi connectivity index (χ1) is 11.9. The van der Waals surface area contributed by atoms with E-state index in [1.807, 2.05) is 0 Å². The first-order valence-electron chi connectivity index (χ1n) is 7.16. The van der Waals surface area contributed by atoms with Crippen molar-refractivity contribution in [2.24, 2.45) is 0 Å². The summed E-state index contributed by atoms with van der Waals surface area (Å²) in [6.07, 6.45) is 2.83. The van der Waals surface area contributed by atoms with E-state index in [-0.39, 0.29) is 11.6 Å². The van der Waals surface area contributed by atoms with E-state index in [9.17, 15) is 19.7 Å². The summed E-state index contributed by atoms with van der Waals surface area (Å²) in [6.45, 7) is 0. The highest BCUT2D eigenvalue weighted by Crippen LogP contribution is 2.23. The first kappa shape index (κ1) is 18.3. The third-order valence-corrected chi connectivity index (χ3v) is 3.83. The van der Waals surface area contributed by atoms with Crippen LogP contribution in [0.15, 0.2) is 41.8 Å². The second kappa shape index (κ2) is 8.18. The van der Waals surface area contributed by atoms with E-state index in [0.29, 0.717) is 16.1 Å². The zero-order valence-electron chi connectivity index (χ0n) is 13.6. The van der Waals surface area contributed by atoms with E-state index in [1.165, 1.54) is 40.6 Å². The number of rotatable bonds is 6. The van der Waals surface area contributed by atoms with Gasteiger partial charge in [-0.3, -0.25) is 25.1 Å². The van der Waals surface area contributed by atoms with Crippen LogP contribution in [0.2, 0.25) is 0 Å². The van der Waals surface area contributed by atoms with Gasteiger partial charge in [0.1, 0.15) is 5.00 Å². The molecule has 0 spiro atoms. The minimum atomic E-state index is -0.489. The molecular formula is C16H16N4O4S. The highest BCUT2D eigenvalue weighted by molar-refractivity contribution is 7.14. The number of nitrogens with zero attached hydrogens (tertiary/aromatic N) is 2. The number of carbonyl (C=O) groups is 2. The maximum Gasteiger partial charge on any atom is 0.269 e. The topological polar surface area (TPSA) is 105 Å². The lowest BCUT2D eigenvalue weighted by molar-refractivity contribution is -0.384. The van der Waals surface area contributed by atoms with Gasteiger partial charge in [-0.2, -0.15) is 0 Å². The smallest absolute Gasteiger partial charge is 0.269 e. The van der Waals surface area contributed by atoms with Gasteiger partial charge in [0.05, 0.1) is 10.5 Å². The maximum absolute atomic E-state index is 12.0. The Bertz CT molecular complexity index is 812. The molecule has 130 valence electrons. The molecule has 0 saturated heterocycles. The molecule has 0 aliphatic heterocycles. The van der Waals surface area contributed by atoms with Gasteiger partial charge in [-0.15, -0.1) is 11.3 Å². The predicted octanol–water partition coefficient (Wildman–Crippen LogP) is 2.51. The summed E-state index contributed by atoms with van der Waals surface area (Å²) in [6, 6.07) is 7.44. The van der Waals surface area contributed by atoms with Crippen LogP contribution in [-0.2, 0) is 4.79 Å². The Hall–Kier alpha value is -3.04. The lowest BCUT2D eigenvalue weighted by Crippen LogP contribution is -2.36. The zero-order valence-corrected chi connectivity index (χ0v) is 14.4. The Morgan fingerprint density at radius 2 is 1.88 bits per heavy atom. The largest absolute Gasteiger partial charge is 0.313 e. The lowest BCUT2D eigenvalue weighted by Gasteiger charge is -2.12. The van der Waals surface area contributed by atoms with Crippen LogP contribution in [0.1, 0.15) is 15.9 Å². The summed E-state index contributed by atoms with van der Waals surface area (Å²) in [5.41, 5.74) is 3.61. The van der Waals surface area contributed by atoms with E-state index in [1.54, 1.807) is 37.7 Å². The van der Waals surface area contributed by atoms with Crippen molar-refractivity contribution in [1.82, 2.24) is 10.4 Å². The summed E-state index contributed by atoms with van der Waals surface area (Å²) in [5.74, 6) is -0.722. The summed E-state index contributed by atoms with van der Waals surface area (Å²) < 4.78 is 0. The summed E-state index contributed by atoms with van der Waals surface area (Å²) >= 11 is 1.24. The van der Waals surface area contributed by atoms with Crippen molar-refractivity contribution in [3.05, 3.63) is 63.0 Å². The van der Waals surface area contributed by atoms with Gasteiger partial charge in [-0.05, 0) is 35.2 Å². The molecule has 0 saturated carbocycles. The van der Waals surface area contributed by atoms with Gasteiger partial charge in [0.25, 0.3) is 11.6 Å². The van der Waals surface area contributed by atoms with Gasteiger partial charge < -0.3 is 5.32 Å². The second-order valence-electron chi connectivity index (χ2n) is 5.17. The zero-order chi connectivity index (χ0) is 18.4. The molecule has 0 bridgehead atoms. The number of hydrogen-bond acceptors (Lipinski definition) is 6. The monoisotopic (exact) mass is 360 g/mol. The molecule has 2 amide bonds. The molecule has 0 radical (unpaired) electrons. The third kappa shape index (κ3) is 5.23. The van der Waals surface area contributed by atoms with Gasteiger partial charge in [-0.1, -0.05) is 0 Å². The number of non-ortho nitro benzene ring substituents is 1. The van der Waals surface area contributed by atoms with Crippen LogP contribution < -0.4 is 10.7 Å². The van der Waals surface area contributed by atoms with Crippen molar-refractivity contribution in [1.29, 1.82) is 0 Å². The van der Waals surface area contributed by atoms with Gasteiger partial charge in [0.2, 0.25) is 5.91 Å². The average Bonchev–Trinajstić information content (AvgIpc) is 3.01. The normalized spacial score (nSPS) is 10.8. The fourth-order valence-electron chi connectivity index (χ4n) is 1.88. The van der Waals surface area contributed by atoms with Crippen LogP contribution >= 0.6 is 11.3 Å². The number of benzene rings is 1. The standard InChI is InChI=1S/C16H16N4O4S/c1-19(2)18-15(22)13-9-10-25-16(13)17-14(21)8-5-11-3-6-12(7-4-11)20(23)24/h3-10H,1-2H3,(H,17,21)(H,18,22). The molecule has 2 rings (SSSR count). The minimum Gasteiger partial charge on any atom is -0.313 e. The molecule has 0 fully saturated rings. The Morgan fingerprint density at radius 3 is 2.48 bits per heavy atom. The molecule has 2 aromatic rings. The second-order valence-corrected chi connectivity index (χ2v) is 6.09. The van der Waals surface area contributed by atoms with E-state index >= 15 is 0 Å². The molecule has 9 heteroatoms. The van der Waals surface area contributed by atoms with Crippen molar-refractivity contribution in [2.75, 3.05) is 19.4 Å². The average molecular weight is 360 g/mol. The maximum atomic E-state index is 12.0. The van der Waals surface area contributed by atoms with E-state index in [0.717, 1.165) is 0 Å². The molecular weight excluding hydrogens is 344 g/mol. The molecule has 0 aliphatic carbocycles. The van der Waals surface area contributed by atoms with Crippen LogP contribution in [0.3, 0.4) is 0 Å². The van der Waals surface area contributed by atoms with Gasteiger partial charge >= 0.3 is 0 Å². The summed E-state index contributed by atoms with van der Waals surface area (Å²) in [5, 5.41) is 16.9. The number of amides is 2. The number of hydrazine groups is 1. The molecule has 2 N–H and O–H groups in total. The highest BCUT2D eigenvalue weighted by atomic mass is 32.1. The molecule has 0 aliphatic rings. The number of carbonyl (C=O) groups excluding carboxylic acids is 2. The van der Waals surface area contributed by atoms with Crippen LogP contribution in [-0.4, -0.2) is 35.8 Å². The molecule has 1 aromatic heterocycles. The van der Waals surface area contributed by atoms with Crippen molar-refractivity contribution < 1.29 is 14.5 Å². The predicted molar refractivity (Wildman–Crippen MR) is 96.2 cm³/mol. The molecule has 0 atom stereocenters. The van der Waals surface area contributed by atoms with Crippen LogP contribution in [0.25, 0.3) is 6.08 Å². The van der Waals surface area contributed by atoms with Crippen LogP contribution in [0.4, 0.5) is 10.7 Å². The highest BCUT2D eigenvalue weighted by Gasteiger charge is 2.14. The summed E-state index contributed by atoms with van der Waals surface area (Å²) in [7, 11) is 3.38. The van der Waals surface area contributed by atoms with Crippen LogP contribution in [0.5, 0.6) is 0 Å². The number of nitro groups is 1. The minimum absolute atomic E-state index is 0.0169. The number of nitro benzene ring substituents is 1. The number of thiophene rings is 1. The Balaban J connectivity index is 2.02. The SMILES string of the molecule is CN(C)NC(=O)c1ccsc1NC(=O)C=Cc1ccc([N+](=O)[O-])cc1.